The van der Waals surface area contributed by atoms with Crippen molar-refractivity contribution in [2.75, 3.05) is 17.2 Å². The minimum atomic E-state index is 0.534. The second-order valence-electron chi connectivity index (χ2n) is 4.88. The van der Waals surface area contributed by atoms with Gasteiger partial charge in [0.25, 0.3) is 0 Å². The fourth-order valence-corrected chi connectivity index (χ4v) is 3.35. The van der Waals surface area contributed by atoms with E-state index in [1.807, 2.05) is 0 Å². The average Bonchev–Trinajstić information content (AvgIpc) is 2.76. The topological polar surface area (TPSA) is 37.0 Å². The van der Waals surface area contributed by atoms with E-state index in [4.69, 9.17) is 23.2 Å². The second kappa shape index (κ2) is 7.34. The molecule has 0 aliphatic heterocycles. The standard InChI is InChI=1S/C15H19Cl2N3S/c1-4-5-18-14-12(16)7-13(17)15(20-14)19-8-11-6-9(2)10(3)21-11/h6-7H,4-5,8H2,1-3H3,(H2,18,19,20). The first-order valence-electron chi connectivity index (χ1n) is 6.91. The summed E-state index contributed by atoms with van der Waals surface area (Å²) >= 11 is 14.1. The van der Waals surface area contributed by atoms with Gasteiger partial charge in [-0.1, -0.05) is 30.1 Å². The van der Waals surface area contributed by atoms with E-state index in [0.717, 1.165) is 13.0 Å². The van der Waals surface area contributed by atoms with Crippen LogP contribution < -0.4 is 10.6 Å². The highest BCUT2D eigenvalue weighted by molar-refractivity contribution is 7.12. The van der Waals surface area contributed by atoms with Gasteiger partial charge in [-0.3, -0.25) is 0 Å². The summed E-state index contributed by atoms with van der Waals surface area (Å²) < 4.78 is 0. The van der Waals surface area contributed by atoms with Gasteiger partial charge in [0, 0.05) is 16.3 Å². The van der Waals surface area contributed by atoms with Crippen molar-refractivity contribution in [3.63, 3.8) is 0 Å². The Morgan fingerprint density at radius 1 is 1.10 bits per heavy atom. The Hall–Kier alpha value is -0.970. The Morgan fingerprint density at radius 2 is 1.76 bits per heavy atom. The van der Waals surface area contributed by atoms with Crippen LogP contribution in [-0.4, -0.2) is 11.5 Å². The zero-order valence-corrected chi connectivity index (χ0v) is 14.7. The molecule has 0 aliphatic rings. The Kier molecular flexibility index (Phi) is 5.73. The number of rotatable bonds is 6. The van der Waals surface area contributed by atoms with Crippen molar-refractivity contribution in [3.8, 4) is 0 Å². The molecule has 0 amide bonds. The third kappa shape index (κ3) is 4.25. The summed E-state index contributed by atoms with van der Waals surface area (Å²) in [5.41, 5.74) is 1.32. The molecule has 21 heavy (non-hydrogen) atoms. The van der Waals surface area contributed by atoms with Crippen LogP contribution in [0.1, 0.15) is 28.7 Å². The lowest BCUT2D eigenvalue weighted by atomic mass is 10.3. The lowest BCUT2D eigenvalue weighted by molar-refractivity contribution is 0.968. The lowest BCUT2D eigenvalue weighted by Crippen LogP contribution is -2.06. The predicted octanol–water partition coefficient (Wildman–Crippen LogP) is 5.50. The molecule has 0 bridgehead atoms. The van der Waals surface area contributed by atoms with E-state index in [9.17, 15) is 0 Å². The van der Waals surface area contributed by atoms with Crippen LogP contribution in [-0.2, 0) is 6.54 Å². The Labute approximate surface area is 139 Å². The number of thiophene rings is 1. The summed E-state index contributed by atoms with van der Waals surface area (Å²) in [5, 5.41) is 7.56. The monoisotopic (exact) mass is 343 g/mol. The van der Waals surface area contributed by atoms with Crippen molar-refractivity contribution in [2.45, 2.75) is 33.7 Å². The maximum absolute atomic E-state index is 6.20. The Bertz CT molecular complexity index is 606. The number of nitrogens with zero attached hydrogens (tertiary/aromatic N) is 1. The lowest BCUT2D eigenvalue weighted by Gasteiger charge is -2.11. The van der Waals surface area contributed by atoms with Crippen molar-refractivity contribution >= 4 is 46.2 Å². The van der Waals surface area contributed by atoms with Gasteiger partial charge in [-0.15, -0.1) is 11.3 Å². The molecule has 3 nitrogen and oxygen atoms in total. The van der Waals surface area contributed by atoms with Crippen molar-refractivity contribution in [1.82, 2.24) is 4.98 Å². The van der Waals surface area contributed by atoms with Crippen molar-refractivity contribution < 1.29 is 0 Å². The summed E-state index contributed by atoms with van der Waals surface area (Å²) in [5.74, 6) is 1.33. The maximum Gasteiger partial charge on any atom is 0.147 e. The van der Waals surface area contributed by atoms with Gasteiger partial charge >= 0.3 is 0 Å². The summed E-state index contributed by atoms with van der Waals surface area (Å²) in [6.07, 6.45) is 1.01. The first kappa shape index (κ1) is 16.4. The highest BCUT2D eigenvalue weighted by Gasteiger charge is 2.09. The molecule has 0 saturated heterocycles. The minimum Gasteiger partial charge on any atom is -0.369 e. The van der Waals surface area contributed by atoms with Crippen LogP contribution in [0, 0.1) is 13.8 Å². The number of nitrogens with one attached hydrogen (secondary N) is 2. The molecule has 2 aromatic heterocycles. The quantitative estimate of drug-likeness (QED) is 0.726. The molecule has 0 fully saturated rings. The fraction of sp³-hybridized carbons (Fsp3) is 0.400. The van der Waals surface area contributed by atoms with Crippen LogP contribution >= 0.6 is 34.5 Å². The highest BCUT2D eigenvalue weighted by Crippen LogP contribution is 2.30. The first-order valence-corrected chi connectivity index (χ1v) is 8.48. The fourth-order valence-electron chi connectivity index (χ4n) is 1.87. The smallest absolute Gasteiger partial charge is 0.147 e. The van der Waals surface area contributed by atoms with Gasteiger partial charge in [-0.2, -0.15) is 0 Å². The number of pyridine rings is 1. The van der Waals surface area contributed by atoms with Crippen LogP contribution in [0.3, 0.4) is 0 Å². The van der Waals surface area contributed by atoms with Gasteiger partial charge in [-0.05, 0) is 38.0 Å². The minimum absolute atomic E-state index is 0.534. The molecule has 2 heterocycles. The molecule has 0 aromatic carbocycles. The molecule has 0 spiro atoms. The SMILES string of the molecule is CCCNc1nc(NCc2cc(C)c(C)s2)c(Cl)cc1Cl. The van der Waals surface area contributed by atoms with Gasteiger partial charge in [0.05, 0.1) is 16.6 Å². The highest BCUT2D eigenvalue weighted by atomic mass is 35.5. The van der Waals surface area contributed by atoms with Crippen LogP contribution in [0.5, 0.6) is 0 Å². The molecule has 6 heteroatoms. The maximum atomic E-state index is 6.20. The molecule has 2 rings (SSSR count). The predicted molar refractivity (Wildman–Crippen MR) is 94.2 cm³/mol. The molecule has 0 atom stereocenters. The van der Waals surface area contributed by atoms with E-state index in [-0.39, 0.29) is 0 Å². The van der Waals surface area contributed by atoms with Crippen LogP contribution in [0.15, 0.2) is 12.1 Å². The molecule has 0 saturated carbocycles. The zero-order valence-electron chi connectivity index (χ0n) is 12.4. The molecular formula is C15H19Cl2N3S. The van der Waals surface area contributed by atoms with E-state index >= 15 is 0 Å². The van der Waals surface area contributed by atoms with Crippen LogP contribution in [0.2, 0.25) is 10.0 Å². The molecule has 0 aliphatic carbocycles. The summed E-state index contributed by atoms with van der Waals surface area (Å²) in [7, 11) is 0. The molecule has 0 radical (unpaired) electrons. The third-order valence-electron chi connectivity index (χ3n) is 3.12. The number of aryl methyl sites for hydroxylation is 2. The van der Waals surface area contributed by atoms with Gasteiger partial charge in [0.2, 0.25) is 0 Å². The van der Waals surface area contributed by atoms with Crippen LogP contribution in [0.25, 0.3) is 0 Å². The number of aromatic nitrogens is 1. The largest absolute Gasteiger partial charge is 0.369 e. The van der Waals surface area contributed by atoms with Gasteiger partial charge in [0.15, 0.2) is 0 Å². The molecular weight excluding hydrogens is 325 g/mol. The number of anilines is 2. The van der Waals surface area contributed by atoms with E-state index in [2.05, 4.69) is 42.5 Å². The van der Waals surface area contributed by atoms with E-state index < -0.39 is 0 Å². The van der Waals surface area contributed by atoms with Crippen molar-refractivity contribution in [1.29, 1.82) is 0 Å². The summed E-state index contributed by atoms with van der Waals surface area (Å²) in [6.45, 7) is 7.88. The van der Waals surface area contributed by atoms with Crippen molar-refractivity contribution in [3.05, 3.63) is 37.5 Å². The Balaban J connectivity index is 2.11. The molecule has 114 valence electrons. The second-order valence-corrected chi connectivity index (χ2v) is 7.04. The molecule has 2 aromatic rings. The van der Waals surface area contributed by atoms with Crippen LogP contribution in [0.4, 0.5) is 11.6 Å². The number of hydrogen-bond acceptors (Lipinski definition) is 4. The Morgan fingerprint density at radius 3 is 2.33 bits per heavy atom. The van der Waals surface area contributed by atoms with Gasteiger partial charge < -0.3 is 10.6 Å². The zero-order chi connectivity index (χ0) is 15.4. The molecule has 0 unspecified atom stereocenters. The van der Waals surface area contributed by atoms with Crippen molar-refractivity contribution in [2.24, 2.45) is 0 Å². The first-order chi connectivity index (χ1) is 10.0. The third-order valence-corrected chi connectivity index (χ3v) is 4.85. The van der Waals surface area contributed by atoms with E-state index in [1.54, 1.807) is 17.4 Å². The van der Waals surface area contributed by atoms with Gasteiger partial charge in [0.1, 0.15) is 11.6 Å². The number of halogens is 2. The summed E-state index contributed by atoms with van der Waals surface area (Å²) in [6, 6.07) is 3.91. The van der Waals surface area contributed by atoms with E-state index in [1.165, 1.54) is 15.3 Å². The van der Waals surface area contributed by atoms with E-state index in [0.29, 0.717) is 28.2 Å². The summed E-state index contributed by atoms with van der Waals surface area (Å²) in [4.78, 5) is 7.08. The average molecular weight is 344 g/mol. The van der Waals surface area contributed by atoms with Gasteiger partial charge in [-0.25, -0.2) is 4.98 Å². The normalized spacial score (nSPS) is 10.7. The number of hydrogen-bond donors (Lipinski definition) is 2. The molecule has 2 N–H and O–H groups in total.